The second kappa shape index (κ2) is 6.33. The predicted octanol–water partition coefficient (Wildman–Crippen LogP) is 0.941. The molecule has 1 atom stereocenters. The third kappa shape index (κ3) is 5.56. The molecule has 0 bridgehead atoms. The van der Waals surface area contributed by atoms with Gasteiger partial charge in [-0.25, -0.2) is 17.2 Å². The van der Waals surface area contributed by atoms with E-state index in [2.05, 4.69) is 0 Å². The third-order valence-corrected chi connectivity index (χ3v) is 4.65. The van der Waals surface area contributed by atoms with Crippen molar-refractivity contribution in [3.05, 3.63) is 35.4 Å². The van der Waals surface area contributed by atoms with Crippen molar-refractivity contribution < 1.29 is 26.2 Å². The quantitative estimate of drug-likeness (QED) is 0.733. The highest BCUT2D eigenvalue weighted by Gasteiger charge is 2.16. The number of carbonyl (C=O) groups is 1. The first-order valence-corrected chi connectivity index (χ1v) is 8.75. The van der Waals surface area contributed by atoms with Crippen molar-refractivity contribution in [2.75, 3.05) is 23.5 Å². The minimum absolute atomic E-state index is 0.207. The van der Waals surface area contributed by atoms with Gasteiger partial charge in [-0.3, -0.25) is 9.00 Å². The highest BCUT2D eigenvalue weighted by molar-refractivity contribution is 7.92. The molecule has 106 valence electrons. The van der Waals surface area contributed by atoms with E-state index in [9.17, 15) is 26.2 Å². The Hall–Kier alpha value is -1.15. The van der Waals surface area contributed by atoms with E-state index in [0.29, 0.717) is 0 Å². The van der Waals surface area contributed by atoms with Crippen LogP contribution in [-0.2, 0) is 20.6 Å². The molecule has 19 heavy (non-hydrogen) atoms. The van der Waals surface area contributed by atoms with E-state index in [-0.39, 0.29) is 11.5 Å². The van der Waals surface area contributed by atoms with E-state index in [1.54, 1.807) is 0 Å². The normalized spacial score (nSPS) is 13.2. The summed E-state index contributed by atoms with van der Waals surface area (Å²) in [7, 11) is -5.00. The minimum Gasteiger partial charge on any atom is -0.293 e. The summed E-state index contributed by atoms with van der Waals surface area (Å²) < 4.78 is 59.3. The fourth-order valence-corrected chi connectivity index (χ4v) is 3.80. The molecule has 0 aliphatic carbocycles. The van der Waals surface area contributed by atoms with Crippen molar-refractivity contribution in [1.82, 2.24) is 0 Å². The van der Waals surface area contributed by atoms with Crippen molar-refractivity contribution in [3.63, 3.8) is 0 Å². The molecule has 1 unspecified atom stereocenters. The van der Waals surface area contributed by atoms with E-state index in [1.807, 2.05) is 0 Å². The standard InChI is InChI=1S/C11H12F2O4S2/c1-19(16,17)5-4-18(15)7-11(14)9-6-8(12)2-3-10(9)13/h2-3,6H,4-5,7H2,1H3. The Morgan fingerprint density at radius 2 is 1.95 bits per heavy atom. The molecular formula is C11H12F2O4S2. The molecule has 0 aliphatic heterocycles. The smallest absolute Gasteiger partial charge is 0.178 e. The summed E-state index contributed by atoms with van der Waals surface area (Å²) in [6, 6.07) is 2.40. The zero-order chi connectivity index (χ0) is 14.6. The van der Waals surface area contributed by atoms with E-state index in [4.69, 9.17) is 0 Å². The molecular weight excluding hydrogens is 298 g/mol. The van der Waals surface area contributed by atoms with Crippen molar-refractivity contribution in [2.45, 2.75) is 0 Å². The van der Waals surface area contributed by atoms with Gasteiger partial charge in [-0.15, -0.1) is 0 Å². The first-order valence-electron chi connectivity index (χ1n) is 5.20. The zero-order valence-corrected chi connectivity index (χ0v) is 11.7. The summed E-state index contributed by atoms with van der Waals surface area (Å²) in [5, 5.41) is 0. The van der Waals surface area contributed by atoms with E-state index < -0.39 is 49.4 Å². The average Bonchev–Trinajstić information content (AvgIpc) is 2.28. The summed E-state index contributed by atoms with van der Waals surface area (Å²) >= 11 is 0. The first-order chi connectivity index (χ1) is 8.69. The van der Waals surface area contributed by atoms with Gasteiger partial charge in [-0.2, -0.15) is 0 Å². The van der Waals surface area contributed by atoms with E-state index >= 15 is 0 Å². The number of Topliss-reactive ketones (excluding diaryl/α,β-unsaturated/α-hetero) is 1. The van der Waals surface area contributed by atoms with Gasteiger partial charge in [-0.1, -0.05) is 0 Å². The molecule has 0 amide bonds. The fraction of sp³-hybridized carbons (Fsp3) is 0.364. The molecule has 0 saturated heterocycles. The van der Waals surface area contributed by atoms with Crippen LogP contribution in [0.5, 0.6) is 0 Å². The first kappa shape index (κ1) is 15.9. The van der Waals surface area contributed by atoms with Gasteiger partial charge in [0.2, 0.25) is 0 Å². The number of hydrogen-bond acceptors (Lipinski definition) is 4. The van der Waals surface area contributed by atoms with Crippen LogP contribution in [-0.4, -0.2) is 41.9 Å². The third-order valence-electron chi connectivity index (χ3n) is 2.20. The van der Waals surface area contributed by atoms with Gasteiger partial charge in [0, 0.05) is 22.8 Å². The second-order valence-corrected chi connectivity index (χ2v) is 7.80. The number of carbonyl (C=O) groups excluding carboxylic acids is 1. The molecule has 0 fully saturated rings. The molecule has 8 heteroatoms. The summed E-state index contributed by atoms with van der Waals surface area (Å²) in [6.07, 6.45) is 0.984. The van der Waals surface area contributed by atoms with Crippen LogP contribution >= 0.6 is 0 Å². The molecule has 1 aromatic rings. The fourth-order valence-electron chi connectivity index (χ4n) is 1.25. The Morgan fingerprint density at radius 3 is 2.53 bits per heavy atom. The number of sulfone groups is 1. The molecule has 0 aliphatic rings. The molecule has 0 aromatic heterocycles. The lowest BCUT2D eigenvalue weighted by atomic mass is 10.1. The maximum Gasteiger partial charge on any atom is 0.178 e. The summed E-state index contributed by atoms with van der Waals surface area (Å²) in [4.78, 5) is 11.6. The topological polar surface area (TPSA) is 68.3 Å². The number of hydrogen-bond donors (Lipinski definition) is 0. The molecule has 0 heterocycles. The van der Waals surface area contributed by atoms with E-state index in [0.717, 1.165) is 24.5 Å². The predicted molar refractivity (Wildman–Crippen MR) is 68.3 cm³/mol. The molecule has 0 saturated carbocycles. The largest absolute Gasteiger partial charge is 0.293 e. The van der Waals surface area contributed by atoms with Crippen LogP contribution in [0.15, 0.2) is 18.2 Å². The van der Waals surface area contributed by atoms with Crippen molar-refractivity contribution in [3.8, 4) is 0 Å². The zero-order valence-electron chi connectivity index (χ0n) is 10.1. The molecule has 1 aromatic carbocycles. The lowest BCUT2D eigenvalue weighted by Crippen LogP contribution is -2.19. The number of halogens is 2. The maximum absolute atomic E-state index is 13.3. The Kier molecular flexibility index (Phi) is 5.30. The van der Waals surface area contributed by atoms with Crippen LogP contribution in [0, 0.1) is 11.6 Å². The minimum atomic E-state index is -3.27. The highest BCUT2D eigenvalue weighted by Crippen LogP contribution is 2.11. The van der Waals surface area contributed by atoms with Gasteiger partial charge in [0.1, 0.15) is 21.5 Å². The summed E-state index contributed by atoms with van der Waals surface area (Å²) in [5.41, 5.74) is -0.479. The van der Waals surface area contributed by atoms with Crippen LogP contribution in [0.1, 0.15) is 10.4 Å². The second-order valence-electron chi connectivity index (χ2n) is 3.97. The number of benzene rings is 1. The van der Waals surface area contributed by atoms with E-state index in [1.165, 1.54) is 0 Å². The van der Waals surface area contributed by atoms with Gasteiger partial charge in [0.25, 0.3) is 0 Å². The van der Waals surface area contributed by atoms with Crippen molar-refractivity contribution in [1.29, 1.82) is 0 Å². The lowest BCUT2D eigenvalue weighted by Gasteiger charge is -2.03. The maximum atomic E-state index is 13.3. The summed E-state index contributed by atoms with van der Waals surface area (Å²) in [6.45, 7) is 0. The van der Waals surface area contributed by atoms with Crippen LogP contribution in [0.25, 0.3) is 0 Å². The molecule has 0 spiro atoms. The monoisotopic (exact) mass is 310 g/mol. The number of rotatable bonds is 6. The number of ketones is 1. The highest BCUT2D eigenvalue weighted by atomic mass is 32.2. The van der Waals surface area contributed by atoms with Crippen LogP contribution in [0.3, 0.4) is 0 Å². The lowest BCUT2D eigenvalue weighted by molar-refractivity contribution is 0.101. The van der Waals surface area contributed by atoms with Gasteiger partial charge in [0.15, 0.2) is 5.78 Å². The van der Waals surface area contributed by atoms with Gasteiger partial charge in [0.05, 0.1) is 17.1 Å². The SMILES string of the molecule is CS(=O)(=O)CCS(=O)CC(=O)c1cc(F)ccc1F. The molecule has 1 rings (SSSR count). The summed E-state index contributed by atoms with van der Waals surface area (Å²) in [5.74, 6) is -3.54. The van der Waals surface area contributed by atoms with Crippen molar-refractivity contribution >= 4 is 26.4 Å². The molecule has 0 N–H and O–H groups in total. The molecule has 4 nitrogen and oxygen atoms in total. The van der Waals surface area contributed by atoms with Crippen LogP contribution in [0.2, 0.25) is 0 Å². The average molecular weight is 310 g/mol. The van der Waals surface area contributed by atoms with Crippen molar-refractivity contribution in [2.24, 2.45) is 0 Å². The molecule has 0 radical (unpaired) electrons. The Balaban J connectivity index is 2.69. The Labute approximate surface area is 112 Å². The Bertz CT molecular complexity index is 611. The van der Waals surface area contributed by atoms with Gasteiger partial charge < -0.3 is 0 Å². The van der Waals surface area contributed by atoms with Crippen LogP contribution < -0.4 is 0 Å². The van der Waals surface area contributed by atoms with Crippen LogP contribution in [0.4, 0.5) is 8.78 Å². The van der Waals surface area contributed by atoms with Gasteiger partial charge in [-0.05, 0) is 18.2 Å². The Morgan fingerprint density at radius 1 is 1.32 bits per heavy atom. The van der Waals surface area contributed by atoms with Gasteiger partial charge >= 0.3 is 0 Å².